The van der Waals surface area contributed by atoms with Crippen LogP contribution < -0.4 is 4.74 Å². The van der Waals surface area contributed by atoms with Crippen LogP contribution in [0.15, 0.2) is 30.3 Å². The average molecular weight is 246 g/mol. The van der Waals surface area contributed by atoms with Crippen molar-refractivity contribution in [3.63, 3.8) is 0 Å². The lowest BCUT2D eigenvalue weighted by molar-refractivity contribution is 0.0468. The van der Waals surface area contributed by atoms with E-state index in [1.165, 1.54) is 37.7 Å². The SMILES string of the molecule is COc1ccc(/C=C/COC2CCCCC2)cc1. The first-order valence-corrected chi connectivity index (χ1v) is 6.80. The Morgan fingerprint density at radius 1 is 1.11 bits per heavy atom. The molecule has 18 heavy (non-hydrogen) atoms. The molecule has 1 fully saturated rings. The molecule has 1 aromatic rings. The molecule has 0 atom stereocenters. The summed E-state index contributed by atoms with van der Waals surface area (Å²) in [5.41, 5.74) is 1.18. The Labute approximate surface area is 110 Å². The molecule has 0 radical (unpaired) electrons. The predicted octanol–water partition coefficient (Wildman–Crippen LogP) is 4.06. The third-order valence-corrected chi connectivity index (χ3v) is 3.41. The van der Waals surface area contributed by atoms with Gasteiger partial charge in [-0.15, -0.1) is 0 Å². The molecule has 0 heterocycles. The highest BCUT2D eigenvalue weighted by Gasteiger charge is 2.12. The molecule has 1 saturated carbocycles. The standard InChI is InChI=1S/C16H22O2/c1-17-15-11-9-14(10-12-15)6-5-13-18-16-7-3-2-4-8-16/h5-6,9-12,16H,2-4,7-8,13H2,1H3/b6-5+. The van der Waals surface area contributed by atoms with Crippen molar-refractivity contribution < 1.29 is 9.47 Å². The minimum atomic E-state index is 0.485. The maximum atomic E-state index is 5.84. The molecule has 0 bridgehead atoms. The summed E-state index contributed by atoms with van der Waals surface area (Å²) in [7, 11) is 1.68. The molecule has 98 valence electrons. The topological polar surface area (TPSA) is 18.5 Å². The van der Waals surface area contributed by atoms with Gasteiger partial charge in [0.05, 0.1) is 19.8 Å². The quantitative estimate of drug-likeness (QED) is 0.780. The minimum Gasteiger partial charge on any atom is -0.497 e. The highest BCUT2D eigenvalue weighted by atomic mass is 16.5. The Morgan fingerprint density at radius 3 is 2.50 bits per heavy atom. The minimum absolute atomic E-state index is 0.485. The molecule has 0 aliphatic heterocycles. The summed E-state index contributed by atoms with van der Waals surface area (Å²) in [6, 6.07) is 8.05. The summed E-state index contributed by atoms with van der Waals surface area (Å²) in [4.78, 5) is 0. The summed E-state index contributed by atoms with van der Waals surface area (Å²) in [6.07, 6.45) is 11.2. The zero-order valence-electron chi connectivity index (χ0n) is 11.1. The normalized spacial score (nSPS) is 17.2. The smallest absolute Gasteiger partial charge is 0.118 e. The highest BCUT2D eigenvalue weighted by Crippen LogP contribution is 2.20. The van der Waals surface area contributed by atoms with Crippen LogP contribution in [0.2, 0.25) is 0 Å². The van der Waals surface area contributed by atoms with Crippen molar-refractivity contribution in [2.45, 2.75) is 38.2 Å². The van der Waals surface area contributed by atoms with Gasteiger partial charge in [0, 0.05) is 0 Å². The molecule has 1 aromatic carbocycles. The average Bonchev–Trinajstić information content (AvgIpc) is 2.45. The molecule has 0 amide bonds. The van der Waals surface area contributed by atoms with E-state index in [0.29, 0.717) is 6.10 Å². The molecule has 0 spiro atoms. The Bertz CT molecular complexity index is 361. The van der Waals surface area contributed by atoms with Gasteiger partial charge in [0.2, 0.25) is 0 Å². The monoisotopic (exact) mass is 246 g/mol. The van der Waals surface area contributed by atoms with E-state index in [1.54, 1.807) is 7.11 Å². The van der Waals surface area contributed by atoms with Crippen LogP contribution in [0.4, 0.5) is 0 Å². The summed E-state index contributed by atoms with van der Waals surface area (Å²) < 4.78 is 11.0. The second-order valence-electron chi connectivity index (χ2n) is 4.77. The molecule has 2 rings (SSSR count). The maximum absolute atomic E-state index is 5.84. The van der Waals surface area contributed by atoms with Crippen LogP contribution in [0.1, 0.15) is 37.7 Å². The predicted molar refractivity (Wildman–Crippen MR) is 74.9 cm³/mol. The lowest BCUT2D eigenvalue weighted by Crippen LogP contribution is -2.16. The van der Waals surface area contributed by atoms with Gasteiger partial charge < -0.3 is 9.47 Å². The van der Waals surface area contributed by atoms with Gasteiger partial charge in [-0.05, 0) is 30.5 Å². The van der Waals surface area contributed by atoms with E-state index >= 15 is 0 Å². The van der Waals surface area contributed by atoms with Crippen LogP contribution in [0.3, 0.4) is 0 Å². The first-order valence-electron chi connectivity index (χ1n) is 6.80. The maximum Gasteiger partial charge on any atom is 0.118 e. The largest absolute Gasteiger partial charge is 0.497 e. The van der Waals surface area contributed by atoms with E-state index in [1.807, 2.05) is 12.1 Å². The number of rotatable bonds is 5. The molecule has 2 heteroatoms. The van der Waals surface area contributed by atoms with Crippen LogP contribution in [0.25, 0.3) is 6.08 Å². The Kier molecular flexibility index (Phi) is 5.28. The summed E-state index contributed by atoms with van der Waals surface area (Å²) in [6.45, 7) is 0.719. The Hall–Kier alpha value is -1.28. The van der Waals surface area contributed by atoms with Crippen LogP contribution in [-0.2, 0) is 4.74 Å². The van der Waals surface area contributed by atoms with Crippen molar-refractivity contribution in [2.24, 2.45) is 0 Å². The molecule has 0 aromatic heterocycles. The van der Waals surface area contributed by atoms with Crippen LogP contribution in [0.5, 0.6) is 5.75 Å². The molecular weight excluding hydrogens is 224 g/mol. The lowest BCUT2D eigenvalue weighted by atomic mass is 9.98. The van der Waals surface area contributed by atoms with Crippen molar-refractivity contribution in [1.29, 1.82) is 0 Å². The first-order chi connectivity index (χ1) is 8.88. The number of ether oxygens (including phenoxy) is 2. The van der Waals surface area contributed by atoms with Gasteiger partial charge in [-0.25, -0.2) is 0 Å². The van der Waals surface area contributed by atoms with Gasteiger partial charge in [-0.1, -0.05) is 43.5 Å². The molecule has 2 nitrogen and oxygen atoms in total. The number of hydrogen-bond acceptors (Lipinski definition) is 2. The van der Waals surface area contributed by atoms with Crippen molar-refractivity contribution in [2.75, 3.05) is 13.7 Å². The summed E-state index contributed by atoms with van der Waals surface area (Å²) >= 11 is 0. The van der Waals surface area contributed by atoms with E-state index in [4.69, 9.17) is 9.47 Å². The fourth-order valence-corrected chi connectivity index (χ4v) is 2.32. The molecule has 1 aliphatic rings. The zero-order valence-corrected chi connectivity index (χ0v) is 11.1. The van der Waals surface area contributed by atoms with E-state index in [9.17, 15) is 0 Å². The Morgan fingerprint density at radius 2 is 1.83 bits per heavy atom. The van der Waals surface area contributed by atoms with Gasteiger partial charge in [0.25, 0.3) is 0 Å². The van der Waals surface area contributed by atoms with Crippen molar-refractivity contribution in [1.82, 2.24) is 0 Å². The molecule has 0 N–H and O–H groups in total. The number of hydrogen-bond donors (Lipinski definition) is 0. The van der Waals surface area contributed by atoms with Crippen LogP contribution in [0, 0.1) is 0 Å². The highest BCUT2D eigenvalue weighted by molar-refractivity contribution is 5.50. The second kappa shape index (κ2) is 7.22. The molecular formula is C16H22O2. The third-order valence-electron chi connectivity index (χ3n) is 3.41. The summed E-state index contributed by atoms with van der Waals surface area (Å²) in [5.74, 6) is 0.894. The van der Waals surface area contributed by atoms with Crippen LogP contribution >= 0.6 is 0 Å². The van der Waals surface area contributed by atoms with Crippen molar-refractivity contribution in [3.05, 3.63) is 35.9 Å². The molecule has 1 aliphatic carbocycles. The van der Waals surface area contributed by atoms with Gasteiger partial charge >= 0.3 is 0 Å². The molecule has 0 unspecified atom stereocenters. The fraction of sp³-hybridized carbons (Fsp3) is 0.500. The first kappa shape index (κ1) is 13.2. The van der Waals surface area contributed by atoms with Gasteiger partial charge in [0.1, 0.15) is 5.75 Å². The Balaban J connectivity index is 1.72. The van der Waals surface area contributed by atoms with Crippen LogP contribution in [-0.4, -0.2) is 19.8 Å². The second-order valence-corrected chi connectivity index (χ2v) is 4.77. The van der Waals surface area contributed by atoms with Gasteiger partial charge in [0.15, 0.2) is 0 Å². The third kappa shape index (κ3) is 4.19. The lowest BCUT2D eigenvalue weighted by Gasteiger charge is -2.21. The molecule has 0 saturated heterocycles. The van der Waals surface area contributed by atoms with E-state index in [2.05, 4.69) is 24.3 Å². The van der Waals surface area contributed by atoms with E-state index in [0.717, 1.165) is 12.4 Å². The van der Waals surface area contributed by atoms with Gasteiger partial charge in [-0.2, -0.15) is 0 Å². The van der Waals surface area contributed by atoms with Gasteiger partial charge in [-0.3, -0.25) is 0 Å². The summed E-state index contributed by atoms with van der Waals surface area (Å²) in [5, 5.41) is 0. The number of benzene rings is 1. The van der Waals surface area contributed by atoms with Crippen molar-refractivity contribution in [3.8, 4) is 5.75 Å². The van der Waals surface area contributed by atoms with E-state index in [-0.39, 0.29) is 0 Å². The van der Waals surface area contributed by atoms with Crippen molar-refractivity contribution >= 4 is 6.08 Å². The van der Waals surface area contributed by atoms with E-state index < -0.39 is 0 Å². The zero-order chi connectivity index (χ0) is 12.6. The number of methoxy groups -OCH3 is 1. The fourth-order valence-electron chi connectivity index (χ4n) is 2.32.